The maximum atomic E-state index is 4.26. The van der Waals surface area contributed by atoms with E-state index in [2.05, 4.69) is 16.5 Å². The second-order valence-corrected chi connectivity index (χ2v) is 7.00. The molecule has 4 saturated carbocycles. The normalized spacial score (nSPS) is 41.5. The third-order valence-electron chi connectivity index (χ3n) is 5.61. The SMILES string of the molecule is Cn1nccc1CNC12CC3CC(CC(C3)C1)C2. The van der Waals surface area contributed by atoms with E-state index >= 15 is 0 Å². The Morgan fingerprint density at radius 2 is 1.83 bits per heavy atom. The van der Waals surface area contributed by atoms with Gasteiger partial charge in [0.15, 0.2) is 0 Å². The molecule has 18 heavy (non-hydrogen) atoms. The lowest BCUT2D eigenvalue weighted by Crippen LogP contribution is -2.58. The van der Waals surface area contributed by atoms with Gasteiger partial charge in [-0.15, -0.1) is 0 Å². The predicted molar refractivity (Wildman–Crippen MR) is 71.0 cm³/mol. The molecule has 4 fully saturated rings. The number of rotatable bonds is 3. The van der Waals surface area contributed by atoms with Gasteiger partial charge in [-0.2, -0.15) is 5.10 Å². The molecule has 1 N–H and O–H groups in total. The smallest absolute Gasteiger partial charge is 0.0518 e. The fraction of sp³-hybridized carbons (Fsp3) is 0.800. The summed E-state index contributed by atoms with van der Waals surface area (Å²) in [6.07, 6.45) is 10.7. The average Bonchev–Trinajstić information content (AvgIpc) is 2.70. The Balaban J connectivity index is 1.49. The molecule has 3 heteroatoms. The minimum Gasteiger partial charge on any atom is -0.306 e. The summed E-state index contributed by atoms with van der Waals surface area (Å²) in [6, 6.07) is 2.13. The number of aromatic nitrogens is 2. The third-order valence-corrected chi connectivity index (χ3v) is 5.61. The molecule has 0 spiro atoms. The Hall–Kier alpha value is -0.830. The van der Waals surface area contributed by atoms with Crippen molar-refractivity contribution < 1.29 is 0 Å². The van der Waals surface area contributed by atoms with Crippen LogP contribution < -0.4 is 5.32 Å². The lowest BCUT2D eigenvalue weighted by atomic mass is 9.53. The standard InChI is InChI=1S/C15H23N3/c1-18-14(2-3-17-18)10-16-15-7-11-4-12(8-15)6-13(5-11)9-15/h2-3,11-13,16H,4-10H2,1H3. The molecule has 0 saturated heterocycles. The fourth-order valence-corrected chi connectivity index (χ4v) is 5.18. The first-order chi connectivity index (χ1) is 8.72. The molecule has 1 aromatic heterocycles. The Labute approximate surface area is 109 Å². The van der Waals surface area contributed by atoms with Crippen LogP contribution in [-0.2, 0) is 13.6 Å². The van der Waals surface area contributed by atoms with Crippen LogP contribution in [0.3, 0.4) is 0 Å². The summed E-state index contributed by atoms with van der Waals surface area (Å²) in [4.78, 5) is 0. The highest BCUT2D eigenvalue weighted by Gasteiger charge is 2.50. The third kappa shape index (κ3) is 1.71. The van der Waals surface area contributed by atoms with Gasteiger partial charge < -0.3 is 5.32 Å². The summed E-state index contributed by atoms with van der Waals surface area (Å²) in [6.45, 7) is 0.989. The van der Waals surface area contributed by atoms with E-state index in [0.29, 0.717) is 5.54 Å². The zero-order valence-corrected chi connectivity index (χ0v) is 11.2. The van der Waals surface area contributed by atoms with Crippen molar-refractivity contribution in [3.63, 3.8) is 0 Å². The number of aryl methyl sites for hydroxylation is 1. The number of nitrogens with zero attached hydrogens (tertiary/aromatic N) is 2. The van der Waals surface area contributed by atoms with Crippen molar-refractivity contribution in [2.24, 2.45) is 24.8 Å². The second-order valence-electron chi connectivity index (χ2n) is 7.00. The van der Waals surface area contributed by atoms with E-state index in [9.17, 15) is 0 Å². The average molecular weight is 245 g/mol. The van der Waals surface area contributed by atoms with Crippen molar-refractivity contribution in [1.29, 1.82) is 0 Å². The molecule has 4 bridgehead atoms. The van der Waals surface area contributed by atoms with E-state index < -0.39 is 0 Å². The van der Waals surface area contributed by atoms with Crippen LogP contribution in [0.25, 0.3) is 0 Å². The van der Waals surface area contributed by atoms with Crippen LogP contribution in [0, 0.1) is 17.8 Å². The molecule has 0 atom stereocenters. The molecular weight excluding hydrogens is 222 g/mol. The van der Waals surface area contributed by atoms with Crippen LogP contribution in [0.15, 0.2) is 12.3 Å². The molecule has 4 aliphatic rings. The largest absolute Gasteiger partial charge is 0.306 e. The van der Waals surface area contributed by atoms with Crippen molar-refractivity contribution in [3.8, 4) is 0 Å². The van der Waals surface area contributed by atoms with Crippen LogP contribution in [0.4, 0.5) is 0 Å². The van der Waals surface area contributed by atoms with Gasteiger partial charge >= 0.3 is 0 Å². The molecule has 0 radical (unpaired) electrons. The van der Waals surface area contributed by atoms with Gasteiger partial charge in [0, 0.05) is 25.3 Å². The molecule has 5 rings (SSSR count). The van der Waals surface area contributed by atoms with E-state index in [4.69, 9.17) is 0 Å². The molecule has 0 aliphatic heterocycles. The monoisotopic (exact) mass is 245 g/mol. The zero-order chi connectivity index (χ0) is 12.2. The van der Waals surface area contributed by atoms with Gasteiger partial charge in [0.25, 0.3) is 0 Å². The summed E-state index contributed by atoms with van der Waals surface area (Å²) in [5.74, 6) is 3.07. The van der Waals surface area contributed by atoms with Crippen LogP contribution in [-0.4, -0.2) is 15.3 Å². The molecule has 4 aliphatic carbocycles. The van der Waals surface area contributed by atoms with Crippen molar-refractivity contribution in [1.82, 2.24) is 15.1 Å². The molecule has 98 valence electrons. The molecule has 0 unspecified atom stereocenters. The summed E-state index contributed by atoms with van der Waals surface area (Å²) >= 11 is 0. The van der Waals surface area contributed by atoms with Gasteiger partial charge in [-0.3, -0.25) is 4.68 Å². The highest BCUT2D eigenvalue weighted by atomic mass is 15.3. The number of hydrogen-bond acceptors (Lipinski definition) is 2. The highest BCUT2D eigenvalue weighted by Crippen LogP contribution is 2.55. The maximum absolute atomic E-state index is 4.26. The molecule has 1 heterocycles. The van der Waals surface area contributed by atoms with Gasteiger partial charge in [0.05, 0.1) is 5.69 Å². The van der Waals surface area contributed by atoms with Crippen LogP contribution in [0.1, 0.15) is 44.2 Å². The van der Waals surface area contributed by atoms with E-state index in [1.165, 1.54) is 44.2 Å². The van der Waals surface area contributed by atoms with Gasteiger partial charge in [0.2, 0.25) is 0 Å². The summed E-state index contributed by atoms with van der Waals surface area (Å²) in [7, 11) is 2.04. The summed E-state index contributed by atoms with van der Waals surface area (Å²) in [5, 5.41) is 8.17. The van der Waals surface area contributed by atoms with Crippen molar-refractivity contribution >= 4 is 0 Å². The molecule has 0 aromatic carbocycles. The second kappa shape index (κ2) is 3.83. The van der Waals surface area contributed by atoms with Crippen LogP contribution in [0.5, 0.6) is 0 Å². The molecule has 3 nitrogen and oxygen atoms in total. The first kappa shape index (κ1) is 11.0. The van der Waals surface area contributed by atoms with E-state index in [1.807, 2.05) is 17.9 Å². The van der Waals surface area contributed by atoms with Crippen molar-refractivity contribution in [2.45, 2.75) is 50.6 Å². The Bertz CT molecular complexity index is 413. The Morgan fingerprint density at radius 3 is 2.33 bits per heavy atom. The summed E-state index contributed by atoms with van der Waals surface area (Å²) in [5.41, 5.74) is 1.78. The highest BCUT2D eigenvalue weighted by molar-refractivity contribution is 5.08. The lowest BCUT2D eigenvalue weighted by Gasteiger charge is -2.57. The minimum atomic E-state index is 0.471. The topological polar surface area (TPSA) is 29.9 Å². The van der Waals surface area contributed by atoms with Crippen molar-refractivity contribution in [2.75, 3.05) is 0 Å². The number of hydrogen-bond donors (Lipinski definition) is 1. The number of nitrogens with one attached hydrogen (secondary N) is 1. The van der Waals surface area contributed by atoms with Crippen molar-refractivity contribution in [3.05, 3.63) is 18.0 Å². The first-order valence-corrected chi connectivity index (χ1v) is 7.44. The van der Waals surface area contributed by atoms with Gasteiger partial charge in [0.1, 0.15) is 0 Å². The quantitative estimate of drug-likeness (QED) is 0.886. The lowest BCUT2D eigenvalue weighted by molar-refractivity contribution is -0.0208. The molecular formula is C15H23N3. The predicted octanol–water partition coefficient (Wildman–Crippen LogP) is 2.48. The molecule has 1 aromatic rings. The van der Waals surface area contributed by atoms with Gasteiger partial charge in [-0.05, 0) is 62.3 Å². The van der Waals surface area contributed by atoms with E-state index in [1.54, 1.807) is 0 Å². The van der Waals surface area contributed by atoms with E-state index in [-0.39, 0.29) is 0 Å². The first-order valence-electron chi connectivity index (χ1n) is 7.44. The zero-order valence-electron chi connectivity index (χ0n) is 11.2. The Kier molecular flexibility index (Phi) is 2.35. The van der Waals surface area contributed by atoms with Crippen LogP contribution in [0.2, 0.25) is 0 Å². The maximum Gasteiger partial charge on any atom is 0.0518 e. The Morgan fingerprint density at radius 1 is 1.22 bits per heavy atom. The van der Waals surface area contributed by atoms with E-state index in [0.717, 1.165) is 24.3 Å². The molecule has 0 amide bonds. The minimum absolute atomic E-state index is 0.471. The van der Waals surface area contributed by atoms with Crippen LogP contribution >= 0.6 is 0 Å². The summed E-state index contributed by atoms with van der Waals surface area (Å²) < 4.78 is 1.99. The van der Waals surface area contributed by atoms with Gasteiger partial charge in [-0.1, -0.05) is 0 Å². The van der Waals surface area contributed by atoms with Gasteiger partial charge in [-0.25, -0.2) is 0 Å². The fourth-order valence-electron chi connectivity index (χ4n) is 5.18.